The Morgan fingerprint density at radius 1 is 1.26 bits per heavy atom. The first-order chi connectivity index (χ1) is 16.8. The van der Waals surface area contributed by atoms with Crippen molar-refractivity contribution >= 4 is 17.5 Å². The van der Waals surface area contributed by atoms with Gasteiger partial charge in [-0.1, -0.05) is 65.3 Å². The number of anilines is 1. The molecule has 4 nitrogen and oxygen atoms in total. The summed E-state index contributed by atoms with van der Waals surface area (Å²) in [5, 5.41) is 0. The number of unbranched alkanes of at least 4 members (excludes halogenated alkanes) is 1. The molecule has 1 aliphatic rings. The first kappa shape index (κ1) is 33.1. The van der Waals surface area contributed by atoms with Crippen molar-refractivity contribution in [3.8, 4) is 0 Å². The number of hydrogen-bond acceptors (Lipinski definition) is 4. The third-order valence-corrected chi connectivity index (χ3v) is 5.85. The van der Waals surface area contributed by atoms with Crippen LogP contribution in [0.15, 0.2) is 41.4 Å². The number of rotatable bonds is 11. The van der Waals surface area contributed by atoms with E-state index in [1.165, 1.54) is 31.2 Å². The van der Waals surface area contributed by atoms with Gasteiger partial charge >= 0.3 is 0 Å². The fraction of sp³-hybridized carbons (Fsp3) is 0.645. The predicted molar refractivity (Wildman–Crippen MR) is 157 cm³/mol. The Bertz CT molecular complexity index is 746. The van der Waals surface area contributed by atoms with Gasteiger partial charge in [-0.05, 0) is 75.1 Å². The smallest absolute Gasteiger partial charge is 0.129 e. The van der Waals surface area contributed by atoms with Crippen molar-refractivity contribution in [2.24, 2.45) is 10.9 Å². The fourth-order valence-electron chi connectivity index (χ4n) is 3.67. The normalized spacial score (nSPS) is 15.8. The minimum absolute atomic E-state index is 0.145. The molecule has 35 heavy (non-hydrogen) atoms. The predicted octanol–water partition coefficient (Wildman–Crippen LogP) is 8.49. The summed E-state index contributed by atoms with van der Waals surface area (Å²) < 4.78 is 11.3. The maximum atomic E-state index is 5.95. The van der Waals surface area contributed by atoms with Gasteiger partial charge < -0.3 is 14.4 Å². The average molecular weight is 487 g/mol. The standard InChI is InChI=1S/C20H28N2O.C9H20O.C2H6/c1-6-17(14-21-4)16(3)18-13-15(2)10-11-19(18)22(5)20-9-7-8-12-23-20;1-4-5-7-10-8-6-9(2)3;1-2/h6,10-11,13-14,20H,3,7-9,12H2,1-2,4-5H3;9H,4-8H2,1-3H3;1-2H3/b17-6+,21-14?;;. The number of allylic oxidation sites excluding steroid dienone is 3. The first-order valence-corrected chi connectivity index (χ1v) is 13.7. The van der Waals surface area contributed by atoms with Crippen LogP contribution in [0.4, 0.5) is 5.69 Å². The van der Waals surface area contributed by atoms with Gasteiger partial charge in [0.05, 0.1) is 0 Å². The number of hydrogen-bond donors (Lipinski definition) is 0. The second-order valence-electron chi connectivity index (χ2n) is 9.21. The maximum absolute atomic E-state index is 5.95. The number of nitrogens with zero attached hydrogens (tertiary/aromatic N) is 2. The highest BCUT2D eigenvalue weighted by atomic mass is 16.5. The Hall–Kier alpha value is -1.91. The lowest BCUT2D eigenvalue weighted by molar-refractivity contribution is 0.0174. The molecule has 0 amide bonds. The third-order valence-electron chi connectivity index (χ3n) is 5.85. The monoisotopic (exact) mass is 486 g/mol. The lowest BCUT2D eigenvalue weighted by atomic mass is 9.96. The van der Waals surface area contributed by atoms with E-state index in [0.717, 1.165) is 61.0 Å². The van der Waals surface area contributed by atoms with Crippen molar-refractivity contribution in [2.45, 2.75) is 93.2 Å². The molecule has 1 aliphatic heterocycles. The molecule has 0 saturated carbocycles. The van der Waals surface area contributed by atoms with Crippen LogP contribution < -0.4 is 4.90 Å². The Morgan fingerprint density at radius 3 is 2.51 bits per heavy atom. The Labute approximate surface area is 217 Å². The van der Waals surface area contributed by atoms with Crippen LogP contribution in [0, 0.1) is 12.8 Å². The van der Waals surface area contributed by atoms with E-state index in [2.05, 4.69) is 75.5 Å². The minimum Gasteiger partial charge on any atom is -0.381 e. The Morgan fingerprint density at radius 2 is 1.97 bits per heavy atom. The van der Waals surface area contributed by atoms with Gasteiger partial charge in [-0.15, -0.1) is 0 Å². The van der Waals surface area contributed by atoms with Crippen LogP contribution in [0.3, 0.4) is 0 Å². The minimum atomic E-state index is 0.145. The van der Waals surface area contributed by atoms with E-state index in [1.54, 1.807) is 7.05 Å². The highest BCUT2D eigenvalue weighted by Crippen LogP contribution is 2.33. The van der Waals surface area contributed by atoms with E-state index in [0.29, 0.717) is 0 Å². The molecule has 0 aromatic heterocycles. The molecule has 1 unspecified atom stereocenters. The highest BCUT2D eigenvalue weighted by Gasteiger charge is 2.22. The summed E-state index contributed by atoms with van der Waals surface area (Å²) in [7, 11) is 3.90. The summed E-state index contributed by atoms with van der Waals surface area (Å²) in [4.78, 5) is 6.39. The van der Waals surface area contributed by atoms with E-state index in [1.807, 2.05) is 27.0 Å². The number of ether oxygens (including phenoxy) is 2. The molecule has 1 atom stereocenters. The molecule has 1 aromatic rings. The van der Waals surface area contributed by atoms with Crippen molar-refractivity contribution in [1.82, 2.24) is 0 Å². The lowest BCUT2D eigenvalue weighted by Gasteiger charge is -2.34. The molecule has 4 heteroatoms. The van der Waals surface area contributed by atoms with Gasteiger partial charge in [0.2, 0.25) is 0 Å². The van der Waals surface area contributed by atoms with Gasteiger partial charge in [0, 0.05) is 51.4 Å². The molecule has 0 radical (unpaired) electrons. The zero-order chi connectivity index (χ0) is 26.6. The van der Waals surface area contributed by atoms with E-state index < -0.39 is 0 Å². The third kappa shape index (κ3) is 13.1. The lowest BCUT2D eigenvalue weighted by Crippen LogP contribution is -2.37. The summed E-state index contributed by atoms with van der Waals surface area (Å²) in [6.45, 7) is 21.8. The summed E-state index contributed by atoms with van der Waals surface area (Å²) >= 11 is 0. The quantitative estimate of drug-likeness (QED) is 0.179. The number of aryl methyl sites for hydroxylation is 1. The van der Waals surface area contributed by atoms with Crippen molar-refractivity contribution in [3.63, 3.8) is 0 Å². The molecule has 2 rings (SSSR count). The summed E-state index contributed by atoms with van der Waals surface area (Å²) in [6.07, 6.45) is 11.2. The molecule has 1 aromatic carbocycles. The maximum Gasteiger partial charge on any atom is 0.129 e. The molecule has 0 aliphatic carbocycles. The molecule has 1 heterocycles. The highest BCUT2D eigenvalue weighted by molar-refractivity contribution is 6.02. The molecule has 200 valence electrons. The Balaban J connectivity index is 0.000000813. The van der Waals surface area contributed by atoms with Crippen LogP contribution in [-0.4, -0.2) is 46.4 Å². The first-order valence-electron chi connectivity index (χ1n) is 13.7. The second-order valence-corrected chi connectivity index (χ2v) is 9.21. The molecule has 0 N–H and O–H groups in total. The van der Waals surface area contributed by atoms with Crippen molar-refractivity contribution in [3.05, 3.63) is 47.6 Å². The number of benzene rings is 1. The van der Waals surface area contributed by atoms with Crippen molar-refractivity contribution in [1.29, 1.82) is 0 Å². The van der Waals surface area contributed by atoms with Gasteiger partial charge in [0.1, 0.15) is 6.23 Å². The van der Waals surface area contributed by atoms with Gasteiger partial charge in [-0.3, -0.25) is 4.99 Å². The van der Waals surface area contributed by atoms with Crippen LogP contribution >= 0.6 is 0 Å². The summed E-state index contributed by atoms with van der Waals surface area (Å²) in [6, 6.07) is 6.52. The molecule has 0 bridgehead atoms. The second kappa shape index (κ2) is 20.3. The molecule has 1 fully saturated rings. The van der Waals surface area contributed by atoms with Crippen LogP contribution in [0.2, 0.25) is 0 Å². The molecular formula is C31H54N2O2. The molecule has 1 saturated heterocycles. The van der Waals surface area contributed by atoms with Crippen LogP contribution in [0.5, 0.6) is 0 Å². The molecule has 0 spiro atoms. The van der Waals surface area contributed by atoms with E-state index in [-0.39, 0.29) is 6.23 Å². The largest absolute Gasteiger partial charge is 0.381 e. The fourth-order valence-corrected chi connectivity index (χ4v) is 3.67. The van der Waals surface area contributed by atoms with Crippen LogP contribution in [0.25, 0.3) is 5.57 Å². The van der Waals surface area contributed by atoms with E-state index >= 15 is 0 Å². The van der Waals surface area contributed by atoms with Crippen molar-refractivity contribution < 1.29 is 9.47 Å². The zero-order valence-electron chi connectivity index (χ0n) is 24.3. The molecular weight excluding hydrogens is 432 g/mol. The van der Waals surface area contributed by atoms with Gasteiger partial charge in [-0.25, -0.2) is 0 Å². The topological polar surface area (TPSA) is 34.1 Å². The van der Waals surface area contributed by atoms with Crippen molar-refractivity contribution in [2.75, 3.05) is 38.8 Å². The van der Waals surface area contributed by atoms with E-state index in [9.17, 15) is 0 Å². The van der Waals surface area contributed by atoms with E-state index in [4.69, 9.17) is 9.47 Å². The SMILES string of the molecule is C=C(/C(C=NC)=C/C)c1cc(C)ccc1N(C)C1CCCCO1.CC.CCCCOCCC(C)C. The van der Waals surface area contributed by atoms with Crippen LogP contribution in [-0.2, 0) is 9.47 Å². The Kier molecular flexibility index (Phi) is 19.2. The number of aliphatic imine (C=N–C) groups is 1. The van der Waals surface area contributed by atoms with Gasteiger partial charge in [0.25, 0.3) is 0 Å². The van der Waals surface area contributed by atoms with Gasteiger partial charge in [0.15, 0.2) is 0 Å². The average Bonchev–Trinajstić information content (AvgIpc) is 2.88. The summed E-state index contributed by atoms with van der Waals surface area (Å²) in [5.41, 5.74) is 5.59. The zero-order valence-corrected chi connectivity index (χ0v) is 24.3. The van der Waals surface area contributed by atoms with Crippen LogP contribution in [0.1, 0.15) is 91.2 Å². The van der Waals surface area contributed by atoms with Gasteiger partial charge in [-0.2, -0.15) is 0 Å². The summed E-state index contributed by atoms with van der Waals surface area (Å²) in [5.74, 6) is 0.779.